The molecule has 1 heterocycles. The molecular weight excluding hydrogens is 394 g/mol. The first-order valence-corrected chi connectivity index (χ1v) is 11.6. The van der Waals surface area contributed by atoms with Gasteiger partial charge < -0.3 is 20.3 Å². The average molecular weight is 432 g/mol. The van der Waals surface area contributed by atoms with Crippen molar-refractivity contribution in [3.8, 4) is 0 Å². The molecule has 0 radical (unpaired) electrons. The highest BCUT2D eigenvalue weighted by Gasteiger charge is 2.57. The van der Waals surface area contributed by atoms with Crippen LogP contribution in [0.1, 0.15) is 81.5 Å². The van der Waals surface area contributed by atoms with Crippen molar-refractivity contribution in [2.24, 2.45) is 0 Å². The van der Waals surface area contributed by atoms with E-state index in [1.807, 2.05) is 12.2 Å². The zero-order chi connectivity index (χ0) is 22.5. The second kappa shape index (κ2) is 13.3. The molecule has 6 heteroatoms. The summed E-state index contributed by atoms with van der Waals surface area (Å²) in [4.78, 5) is 24.9. The molecule has 3 atom stereocenters. The van der Waals surface area contributed by atoms with Crippen molar-refractivity contribution in [2.75, 3.05) is 6.61 Å². The van der Waals surface area contributed by atoms with E-state index < -0.39 is 36.2 Å². The molecule has 2 rings (SSSR count). The third-order valence-electron chi connectivity index (χ3n) is 5.86. The Morgan fingerprint density at radius 2 is 1.71 bits per heavy atom. The number of rotatable bonds is 14. The van der Waals surface area contributed by atoms with E-state index in [9.17, 15) is 19.8 Å². The van der Waals surface area contributed by atoms with Gasteiger partial charge in [0, 0.05) is 12.0 Å². The fourth-order valence-electron chi connectivity index (χ4n) is 3.85. The number of hydrogen-bond donors (Lipinski definition) is 3. The SMILES string of the molecule is CCCCCCCCCC/C=C\C[C@H]1OC(=O)[C@@](CO)(NC(=O)c2ccccc2)[C@H]1O. The van der Waals surface area contributed by atoms with Crippen molar-refractivity contribution < 1.29 is 24.5 Å². The highest BCUT2D eigenvalue weighted by molar-refractivity contribution is 5.99. The number of ether oxygens (including phenoxy) is 1. The van der Waals surface area contributed by atoms with Gasteiger partial charge in [-0.3, -0.25) is 4.79 Å². The molecule has 1 aromatic carbocycles. The lowest BCUT2D eigenvalue weighted by molar-refractivity contribution is -0.147. The smallest absolute Gasteiger partial charge is 0.337 e. The molecule has 1 aromatic rings. The number of unbranched alkanes of at least 4 members (excludes halogenated alkanes) is 8. The molecule has 1 fully saturated rings. The maximum absolute atomic E-state index is 12.5. The third kappa shape index (κ3) is 7.18. The number of benzene rings is 1. The van der Waals surface area contributed by atoms with Gasteiger partial charge in [0.2, 0.25) is 0 Å². The summed E-state index contributed by atoms with van der Waals surface area (Å²) in [7, 11) is 0. The van der Waals surface area contributed by atoms with Crippen LogP contribution in [-0.4, -0.2) is 46.4 Å². The van der Waals surface area contributed by atoms with E-state index in [0.29, 0.717) is 12.0 Å². The van der Waals surface area contributed by atoms with Gasteiger partial charge in [-0.2, -0.15) is 0 Å². The Balaban J connectivity index is 1.76. The second-order valence-corrected chi connectivity index (χ2v) is 8.31. The monoisotopic (exact) mass is 431 g/mol. The first-order valence-electron chi connectivity index (χ1n) is 11.6. The van der Waals surface area contributed by atoms with Gasteiger partial charge in [0.05, 0.1) is 6.61 Å². The van der Waals surface area contributed by atoms with Gasteiger partial charge in [0.1, 0.15) is 12.2 Å². The summed E-state index contributed by atoms with van der Waals surface area (Å²) in [5.41, 5.74) is -1.51. The molecule has 1 aliphatic rings. The number of aliphatic hydroxyl groups excluding tert-OH is 2. The highest BCUT2D eigenvalue weighted by Crippen LogP contribution is 2.29. The molecular formula is C25H37NO5. The largest absolute Gasteiger partial charge is 0.457 e. The van der Waals surface area contributed by atoms with Crippen molar-refractivity contribution in [3.63, 3.8) is 0 Å². The zero-order valence-corrected chi connectivity index (χ0v) is 18.6. The maximum Gasteiger partial charge on any atom is 0.337 e. The van der Waals surface area contributed by atoms with E-state index in [1.54, 1.807) is 30.3 Å². The summed E-state index contributed by atoms with van der Waals surface area (Å²) in [6.45, 7) is 1.49. The number of hydrogen-bond acceptors (Lipinski definition) is 5. The Labute approximate surface area is 185 Å². The van der Waals surface area contributed by atoms with Gasteiger partial charge in [-0.25, -0.2) is 4.79 Å². The zero-order valence-electron chi connectivity index (χ0n) is 18.6. The number of carbonyl (C=O) groups is 2. The molecule has 1 aliphatic heterocycles. The number of allylic oxidation sites excluding steroid dienone is 1. The van der Waals surface area contributed by atoms with Crippen LogP contribution in [0.3, 0.4) is 0 Å². The number of cyclic esters (lactones) is 1. The summed E-state index contributed by atoms with van der Waals surface area (Å²) in [6.07, 6.45) is 13.2. The quantitative estimate of drug-likeness (QED) is 0.236. The van der Waals surface area contributed by atoms with E-state index in [0.717, 1.165) is 12.8 Å². The predicted molar refractivity (Wildman–Crippen MR) is 121 cm³/mol. The van der Waals surface area contributed by atoms with Crippen molar-refractivity contribution >= 4 is 11.9 Å². The number of carbonyl (C=O) groups excluding carboxylic acids is 2. The molecule has 3 N–H and O–H groups in total. The first-order chi connectivity index (χ1) is 15.0. The van der Waals surface area contributed by atoms with E-state index in [-0.39, 0.29) is 0 Å². The van der Waals surface area contributed by atoms with Crippen LogP contribution >= 0.6 is 0 Å². The van der Waals surface area contributed by atoms with Crippen LogP contribution in [0.15, 0.2) is 42.5 Å². The lowest BCUT2D eigenvalue weighted by Crippen LogP contribution is -2.62. The van der Waals surface area contributed by atoms with Crippen molar-refractivity contribution in [1.29, 1.82) is 0 Å². The Kier molecular flexibility index (Phi) is 10.7. The average Bonchev–Trinajstić information content (AvgIpc) is 3.02. The molecule has 31 heavy (non-hydrogen) atoms. The minimum absolute atomic E-state index is 0.337. The molecule has 0 bridgehead atoms. The predicted octanol–water partition coefficient (Wildman–Crippen LogP) is 3.91. The third-order valence-corrected chi connectivity index (χ3v) is 5.86. The van der Waals surface area contributed by atoms with Crippen molar-refractivity contribution in [1.82, 2.24) is 5.32 Å². The van der Waals surface area contributed by atoms with E-state index in [4.69, 9.17) is 4.74 Å². The molecule has 1 saturated heterocycles. The van der Waals surface area contributed by atoms with Crippen LogP contribution in [0.4, 0.5) is 0 Å². The van der Waals surface area contributed by atoms with Crippen molar-refractivity contribution in [3.05, 3.63) is 48.0 Å². The summed E-state index contributed by atoms with van der Waals surface area (Å²) >= 11 is 0. The minimum Gasteiger partial charge on any atom is -0.457 e. The van der Waals surface area contributed by atoms with E-state index in [2.05, 4.69) is 12.2 Å². The molecule has 0 unspecified atom stereocenters. The van der Waals surface area contributed by atoms with Gasteiger partial charge in [0.15, 0.2) is 5.54 Å². The second-order valence-electron chi connectivity index (χ2n) is 8.31. The van der Waals surface area contributed by atoms with E-state index >= 15 is 0 Å². The van der Waals surface area contributed by atoms with Gasteiger partial charge in [-0.1, -0.05) is 82.2 Å². The Morgan fingerprint density at radius 1 is 1.06 bits per heavy atom. The summed E-state index contributed by atoms with van der Waals surface area (Å²) < 4.78 is 5.29. The molecule has 172 valence electrons. The standard InChI is InChI=1S/C25H37NO5/c1-2-3-4-5-6-7-8-9-10-11-15-18-21-22(28)25(19-27,24(30)31-21)26-23(29)20-16-13-12-14-17-20/h11-17,21-22,27-28H,2-10,18-19H2,1H3,(H,26,29)/b15-11-/t21-,22+,25+/m1/s1. The van der Waals surface area contributed by atoms with Crippen LogP contribution in [-0.2, 0) is 9.53 Å². The molecule has 0 saturated carbocycles. The summed E-state index contributed by atoms with van der Waals surface area (Å²) in [6, 6.07) is 8.36. The number of nitrogens with one attached hydrogen (secondary N) is 1. The Bertz CT molecular complexity index is 705. The summed E-state index contributed by atoms with van der Waals surface area (Å²) in [5.74, 6) is -1.36. The lowest BCUT2D eigenvalue weighted by atomic mass is 9.90. The molecule has 0 spiro atoms. The summed E-state index contributed by atoms with van der Waals surface area (Å²) in [5, 5.41) is 23.0. The topological polar surface area (TPSA) is 95.9 Å². The van der Waals surface area contributed by atoms with Crippen LogP contribution in [0.5, 0.6) is 0 Å². The number of amides is 1. The van der Waals surface area contributed by atoms with Crippen LogP contribution in [0, 0.1) is 0 Å². The fourth-order valence-corrected chi connectivity index (χ4v) is 3.85. The van der Waals surface area contributed by atoms with Gasteiger partial charge >= 0.3 is 5.97 Å². The molecule has 0 aromatic heterocycles. The van der Waals surface area contributed by atoms with E-state index in [1.165, 1.54) is 44.9 Å². The lowest BCUT2D eigenvalue weighted by Gasteiger charge is -2.28. The fraction of sp³-hybridized carbons (Fsp3) is 0.600. The van der Waals surface area contributed by atoms with Gasteiger partial charge in [-0.15, -0.1) is 0 Å². The first kappa shape index (κ1) is 25.1. The Morgan fingerprint density at radius 3 is 2.35 bits per heavy atom. The van der Waals surface area contributed by atoms with Crippen LogP contribution in [0.25, 0.3) is 0 Å². The van der Waals surface area contributed by atoms with Crippen LogP contribution < -0.4 is 5.32 Å². The van der Waals surface area contributed by atoms with Gasteiger partial charge in [-0.05, 0) is 25.0 Å². The molecule has 1 amide bonds. The van der Waals surface area contributed by atoms with Crippen LogP contribution in [0.2, 0.25) is 0 Å². The van der Waals surface area contributed by atoms with Crippen molar-refractivity contribution in [2.45, 2.75) is 88.9 Å². The highest BCUT2D eigenvalue weighted by atomic mass is 16.6. The number of aliphatic hydroxyl groups is 2. The maximum atomic E-state index is 12.5. The molecule has 0 aliphatic carbocycles. The normalized spacial score (nSPS) is 23.3. The number of esters is 1. The van der Waals surface area contributed by atoms with Gasteiger partial charge in [0.25, 0.3) is 5.91 Å². The molecule has 6 nitrogen and oxygen atoms in total. The Hall–Kier alpha value is -2.18. The minimum atomic E-state index is -1.84.